The number of aromatic nitrogens is 3. The van der Waals surface area contributed by atoms with Crippen molar-refractivity contribution < 1.29 is 14.6 Å². The van der Waals surface area contributed by atoms with Gasteiger partial charge in [0, 0.05) is 13.0 Å². The molecule has 0 unspecified atom stereocenters. The van der Waals surface area contributed by atoms with Crippen LogP contribution in [0.1, 0.15) is 35.1 Å². The lowest BCUT2D eigenvalue weighted by atomic mass is 10.2. The Balaban J connectivity index is 1.80. The highest BCUT2D eigenvalue weighted by Crippen LogP contribution is 2.13. The van der Waals surface area contributed by atoms with Crippen LogP contribution in [0.25, 0.3) is 0 Å². The Kier molecular flexibility index (Phi) is 4.92. The Hall–Kier alpha value is -2.37. The summed E-state index contributed by atoms with van der Waals surface area (Å²) in [6, 6.07) is 8.02. The Morgan fingerprint density at radius 1 is 1.33 bits per heavy atom. The smallest absolute Gasteiger partial charge is 0.358 e. The third kappa shape index (κ3) is 3.81. The van der Waals surface area contributed by atoms with E-state index in [0.717, 1.165) is 18.6 Å². The number of aromatic carboxylic acids is 1. The van der Waals surface area contributed by atoms with Gasteiger partial charge in [0.05, 0.1) is 12.3 Å². The van der Waals surface area contributed by atoms with Gasteiger partial charge in [0.25, 0.3) is 0 Å². The number of rotatable bonds is 7. The molecule has 2 aromatic rings. The number of hydrogen-bond acceptors (Lipinski definition) is 4. The molecule has 0 radical (unpaired) electrons. The van der Waals surface area contributed by atoms with Gasteiger partial charge in [0.2, 0.25) is 0 Å². The zero-order valence-electron chi connectivity index (χ0n) is 12.2. The van der Waals surface area contributed by atoms with Crippen LogP contribution in [0.2, 0.25) is 0 Å². The third-order valence-corrected chi connectivity index (χ3v) is 3.30. The van der Waals surface area contributed by atoms with Crippen molar-refractivity contribution >= 4 is 5.97 Å². The zero-order valence-corrected chi connectivity index (χ0v) is 12.2. The molecule has 0 atom stereocenters. The predicted molar refractivity (Wildman–Crippen MR) is 77.7 cm³/mol. The minimum Gasteiger partial charge on any atom is -0.494 e. The van der Waals surface area contributed by atoms with Crippen molar-refractivity contribution in [1.82, 2.24) is 15.0 Å². The van der Waals surface area contributed by atoms with Crippen molar-refractivity contribution in [2.24, 2.45) is 0 Å². The molecule has 6 heteroatoms. The van der Waals surface area contributed by atoms with Gasteiger partial charge in [-0.1, -0.05) is 24.3 Å². The van der Waals surface area contributed by atoms with E-state index in [1.165, 1.54) is 5.56 Å². The molecule has 0 aliphatic heterocycles. The molecule has 0 aliphatic rings. The second-order valence-electron chi connectivity index (χ2n) is 4.75. The standard InChI is InChI=1S/C15H19N3O3/c1-3-12-5-7-13(8-6-12)21-10-4-9-18-11(2)14(15(19)20)16-17-18/h5-8H,3-4,9-10H2,1-2H3,(H,19,20). The van der Waals surface area contributed by atoms with Crippen LogP contribution < -0.4 is 4.74 Å². The summed E-state index contributed by atoms with van der Waals surface area (Å²) < 4.78 is 7.23. The van der Waals surface area contributed by atoms with Gasteiger partial charge in [0.15, 0.2) is 5.69 Å². The number of benzene rings is 1. The fourth-order valence-corrected chi connectivity index (χ4v) is 2.00. The Morgan fingerprint density at radius 3 is 2.62 bits per heavy atom. The summed E-state index contributed by atoms with van der Waals surface area (Å²) in [6.07, 6.45) is 1.75. The molecule has 112 valence electrons. The lowest BCUT2D eigenvalue weighted by Gasteiger charge is -2.07. The number of carboxylic acid groups (broad SMARTS) is 1. The molecule has 2 rings (SSSR count). The minimum atomic E-state index is -1.05. The summed E-state index contributed by atoms with van der Waals surface area (Å²) in [4.78, 5) is 10.9. The van der Waals surface area contributed by atoms with Gasteiger partial charge in [0.1, 0.15) is 5.75 Å². The molecule has 6 nitrogen and oxygen atoms in total. The van der Waals surface area contributed by atoms with Crippen LogP contribution in [-0.2, 0) is 13.0 Å². The molecule has 1 aromatic heterocycles. The normalized spacial score (nSPS) is 10.6. The summed E-state index contributed by atoms with van der Waals surface area (Å²) in [6.45, 7) is 4.95. The van der Waals surface area contributed by atoms with E-state index in [4.69, 9.17) is 9.84 Å². The molecule has 1 heterocycles. The molecule has 1 aromatic carbocycles. The number of hydrogen-bond donors (Lipinski definition) is 1. The highest BCUT2D eigenvalue weighted by Gasteiger charge is 2.14. The molecule has 0 amide bonds. The van der Waals surface area contributed by atoms with Crippen LogP contribution in [-0.4, -0.2) is 32.7 Å². The Morgan fingerprint density at radius 2 is 2.05 bits per heavy atom. The van der Waals surface area contributed by atoms with E-state index >= 15 is 0 Å². The first-order chi connectivity index (χ1) is 10.1. The van der Waals surface area contributed by atoms with E-state index < -0.39 is 5.97 Å². The first-order valence-electron chi connectivity index (χ1n) is 6.97. The van der Waals surface area contributed by atoms with E-state index in [1.807, 2.05) is 12.1 Å². The fourth-order valence-electron chi connectivity index (χ4n) is 2.00. The first-order valence-corrected chi connectivity index (χ1v) is 6.97. The summed E-state index contributed by atoms with van der Waals surface area (Å²) in [7, 11) is 0. The van der Waals surface area contributed by atoms with Crippen molar-refractivity contribution in [2.75, 3.05) is 6.61 Å². The molecular formula is C15H19N3O3. The first kappa shape index (κ1) is 15.0. The van der Waals surface area contributed by atoms with E-state index in [-0.39, 0.29) is 5.69 Å². The Labute approximate surface area is 123 Å². The molecule has 0 bridgehead atoms. The SMILES string of the molecule is CCc1ccc(OCCCn2nnc(C(=O)O)c2C)cc1. The topological polar surface area (TPSA) is 77.2 Å². The average molecular weight is 289 g/mol. The molecule has 0 aliphatic carbocycles. The third-order valence-electron chi connectivity index (χ3n) is 3.30. The summed E-state index contributed by atoms with van der Waals surface area (Å²) >= 11 is 0. The van der Waals surface area contributed by atoms with Crippen molar-refractivity contribution in [1.29, 1.82) is 0 Å². The van der Waals surface area contributed by atoms with Crippen molar-refractivity contribution in [3.63, 3.8) is 0 Å². The molecule has 21 heavy (non-hydrogen) atoms. The summed E-state index contributed by atoms with van der Waals surface area (Å²) in [5.41, 5.74) is 1.85. The predicted octanol–water partition coefficient (Wildman–Crippen LogP) is 2.32. The fraction of sp³-hybridized carbons (Fsp3) is 0.400. The average Bonchev–Trinajstić information content (AvgIpc) is 2.85. The van der Waals surface area contributed by atoms with Crippen molar-refractivity contribution in [2.45, 2.75) is 33.2 Å². The van der Waals surface area contributed by atoms with E-state index in [2.05, 4.69) is 29.4 Å². The lowest BCUT2D eigenvalue weighted by molar-refractivity contribution is 0.0689. The van der Waals surface area contributed by atoms with Crippen LogP contribution in [0.4, 0.5) is 0 Å². The van der Waals surface area contributed by atoms with Gasteiger partial charge in [-0.25, -0.2) is 9.48 Å². The van der Waals surface area contributed by atoms with Crippen molar-refractivity contribution in [3.05, 3.63) is 41.2 Å². The maximum atomic E-state index is 10.9. The highest BCUT2D eigenvalue weighted by atomic mass is 16.5. The van der Waals surface area contributed by atoms with Crippen LogP contribution in [0.3, 0.4) is 0 Å². The number of nitrogens with zero attached hydrogens (tertiary/aromatic N) is 3. The van der Waals surface area contributed by atoms with Gasteiger partial charge >= 0.3 is 5.97 Å². The van der Waals surface area contributed by atoms with E-state index in [1.54, 1.807) is 11.6 Å². The molecular weight excluding hydrogens is 270 g/mol. The van der Waals surface area contributed by atoms with Gasteiger partial charge in [-0.2, -0.15) is 0 Å². The molecule has 0 saturated heterocycles. The molecule has 0 spiro atoms. The van der Waals surface area contributed by atoms with E-state index in [0.29, 0.717) is 18.8 Å². The quantitative estimate of drug-likeness (QED) is 0.791. The summed E-state index contributed by atoms with van der Waals surface area (Å²) in [5, 5.41) is 16.4. The van der Waals surface area contributed by atoms with Crippen LogP contribution in [0, 0.1) is 6.92 Å². The van der Waals surface area contributed by atoms with Gasteiger partial charge in [-0.15, -0.1) is 5.10 Å². The van der Waals surface area contributed by atoms with Gasteiger partial charge < -0.3 is 9.84 Å². The Bertz CT molecular complexity index is 605. The zero-order chi connectivity index (χ0) is 15.2. The number of carboxylic acids is 1. The maximum Gasteiger partial charge on any atom is 0.358 e. The van der Waals surface area contributed by atoms with Gasteiger partial charge in [-0.3, -0.25) is 0 Å². The molecule has 0 saturated carbocycles. The van der Waals surface area contributed by atoms with Crippen LogP contribution >= 0.6 is 0 Å². The number of carbonyl (C=O) groups is 1. The summed E-state index contributed by atoms with van der Waals surface area (Å²) in [5.74, 6) is -0.209. The minimum absolute atomic E-state index is 0.00562. The second kappa shape index (κ2) is 6.88. The van der Waals surface area contributed by atoms with Crippen LogP contribution in [0.5, 0.6) is 5.75 Å². The maximum absolute atomic E-state index is 10.9. The largest absolute Gasteiger partial charge is 0.494 e. The van der Waals surface area contributed by atoms with Gasteiger partial charge in [-0.05, 0) is 31.0 Å². The lowest BCUT2D eigenvalue weighted by Crippen LogP contribution is -2.08. The highest BCUT2D eigenvalue weighted by molar-refractivity contribution is 5.86. The molecule has 0 fully saturated rings. The van der Waals surface area contributed by atoms with Crippen LogP contribution in [0.15, 0.2) is 24.3 Å². The monoisotopic (exact) mass is 289 g/mol. The number of ether oxygens (including phenoxy) is 1. The van der Waals surface area contributed by atoms with Crippen molar-refractivity contribution in [3.8, 4) is 5.75 Å². The second-order valence-corrected chi connectivity index (χ2v) is 4.75. The molecule has 1 N–H and O–H groups in total. The van der Waals surface area contributed by atoms with E-state index in [9.17, 15) is 4.79 Å². The number of aryl methyl sites for hydroxylation is 2.